The molecule has 0 saturated carbocycles. The zero-order valence-corrected chi connectivity index (χ0v) is 14.9. The van der Waals surface area contributed by atoms with Crippen LogP contribution >= 0.6 is 0 Å². The van der Waals surface area contributed by atoms with Gasteiger partial charge in [0.1, 0.15) is 5.54 Å². The minimum Gasteiger partial charge on any atom is -0.337 e. The minimum absolute atomic E-state index is 0.308. The maximum atomic E-state index is 13.4. The Morgan fingerprint density at radius 1 is 1.04 bits per heavy atom. The number of nitrogens with zero attached hydrogens (tertiary/aromatic N) is 4. The van der Waals surface area contributed by atoms with Crippen LogP contribution in [-0.2, 0) is 24.9 Å². The van der Waals surface area contributed by atoms with Gasteiger partial charge in [0.2, 0.25) is 5.91 Å². The number of aromatic nitrogens is 2. The summed E-state index contributed by atoms with van der Waals surface area (Å²) in [6.07, 6.45) is 5.98. The molecule has 0 N–H and O–H groups in total. The van der Waals surface area contributed by atoms with E-state index < -0.39 is 0 Å². The van der Waals surface area contributed by atoms with Gasteiger partial charge in [-0.1, -0.05) is 30.3 Å². The van der Waals surface area contributed by atoms with Crippen molar-refractivity contribution in [3.8, 4) is 0 Å². The predicted molar refractivity (Wildman–Crippen MR) is 96.7 cm³/mol. The largest absolute Gasteiger partial charge is 0.337 e. The Bertz CT molecular complexity index is 741. The summed E-state index contributed by atoms with van der Waals surface area (Å²) in [4.78, 5) is 17.9. The highest BCUT2D eigenvalue weighted by Crippen LogP contribution is 2.39. The molecule has 3 heterocycles. The second-order valence-electron chi connectivity index (χ2n) is 7.32. The summed E-state index contributed by atoms with van der Waals surface area (Å²) in [6.45, 7) is 3.40. The molecule has 0 aliphatic carbocycles. The van der Waals surface area contributed by atoms with Crippen LogP contribution in [0.4, 0.5) is 0 Å². The van der Waals surface area contributed by atoms with E-state index in [1.165, 1.54) is 11.3 Å². The van der Waals surface area contributed by atoms with E-state index in [1.54, 1.807) is 0 Å². The Kier molecular flexibility index (Phi) is 4.34. The van der Waals surface area contributed by atoms with E-state index in [1.807, 2.05) is 36.1 Å². The average molecular weight is 338 g/mol. The van der Waals surface area contributed by atoms with Gasteiger partial charge in [0.05, 0.1) is 5.69 Å². The second kappa shape index (κ2) is 6.64. The van der Waals surface area contributed by atoms with Crippen LogP contribution < -0.4 is 0 Å². The number of aryl methyl sites for hydroxylation is 1. The number of rotatable bonds is 4. The average Bonchev–Trinajstić information content (AvgIpc) is 3.21. The summed E-state index contributed by atoms with van der Waals surface area (Å²) in [5.74, 6) is 0.322. The van der Waals surface area contributed by atoms with E-state index in [-0.39, 0.29) is 5.54 Å². The van der Waals surface area contributed by atoms with Gasteiger partial charge in [-0.15, -0.1) is 0 Å². The minimum atomic E-state index is -0.308. The normalized spacial score (nSPS) is 24.4. The smallest absolute Gasteiger partial charge is 0.243 e. The number of hydrogen-bond donors (Lipinski definition) is 0. The fourth-order valence-corrected chi connectivity index (χ4v) is 4.46. The molecule has 2 saturated heterocycles. The summed E-state index contributed by atoms with van der Waals surface area (Å²) in [7, 11) is 1.97. The number of amides is 1. The van der Waals surface area contributed by atoms with Crippen LogP contribution in [0.15, 0.2) is 42.6 Å². The van der Waals surface area contributed by atoms with Crippen LogP contribution in [0.25, 0.3) is 0 Å². The molecule has 1 atom stereocenters. The van der Waals surface area contributed by atoms with Crippen molar-refractivity contribution in [2.75, 3.05) is 13.1 Å². The molecule has 1 unspecified atom stereocenters. The third kappa shape index (κ3) is 2.97. The first-order chi connectivity index (χ1) is 12.2. The molecule has 5 heteroatoms. The van der Waals surface area contributed by atoms with Gasteiger partial charge in [-0.2, -0.15) is 5.10 Å². The summed E-state index contributed by atoms with van der Waals surface area (Å²) in [5, 5.41) is 4.28. The topological polar surface area (TPSA) is 41.4 Å². The van der Waals surface area contributed by atoms with Crippen molar-refractivity contribution >= 4 is 5.91 Å². The predicted octanol–water partition coefficient (Wildman–Crippen LogP) is 2.58. The molecule has 1 spiro atoms. The Balaban J connectivity index is 1.55. The van der Waals surface area contributed by atoms with Crippen molar-refractivity contribution in [2.45, 2.75) is 44.3 Å². The van der Waals surface area contributed by atoms with Crippen LogP contribution in [0.2, 0.25) is 0 Å². The molecule has 2 aromatic rings. The first-order valence-electron chi connectivity index (χ1n) is 9.24. The fourth-order valence-electron chi connectivity index (χ4n) is 4.46. The van der Waals surface area contributed by atoms with Crippen LogP contribution in [0.3, 0.4) is 0 Å². The molecule has 0 bridgehead atoms. The van der Waals surface area contributed by atoms with E-state index >= 15 is 0 Å². The Hall–Kier alpha value is -2.14. The Labute approximate surface area is 149 Å². The molecule has 2 aliphatic heterocycles. The Morgan fingerprint density at radius 2 is 1.80 bits per heavy atom. The van der Waals surface area contributed by atoms with Gasteiger partial charge in [0, 0.05) is 32.9 Å². The van der Waals surface area contributed by atoms with Crippen LogP contribution in [0.1, 0.15) is 36.9 Å². The lowest BCUT2D eigenvalue weighted by Crippen LogP contribution is -2.59. The van der Waals surface area contributed by atoms with Crippen LogP contribution in [-0.4, -0.2) is 44.1 Å². The molecule has 1 amide bonds. The summed E-state index contributed by atoms with van der Waals surface area (Å²) < 4.78 is 1.92. The number of hydrogen-bond acceptors (Lipinski definition) is 3. The van der Waals surface area contributed by atoms with Gasteiger partial charge < -0.3 is 4.90 Å². The first kappa shape index (κ1) is 16.3. The number of carbonyl (C=O) groups is 1. The van der Waals surface area contributed by atoms with Crippen LogP contribution in [0, 0.1) is 0 Å². The lowest BCUT2D eigenvalue weighted by molar-refractivity contribution is -0.148. The molecule has 132 valence electrons. The SMILES string of the molecule is Cn1nccc1CN1CCCC12CCCN(Cc1ccccc1)C2=O. The van der Waals surface area contributed by atoms with Crippen molar-refractivity contribution in [1.29, 1.82) is 0 Å². The molecule has 1 aromatic carbocycles. The van der Waals surface area contributed by atoms with Gasteiger partial charge in [0.15, 0.2) is 0 Å². The van der Waals surface area contributed by atoms with Crippen molar-refractivity contribution < 1.29 is 4.79 Å². The monoisotopic (exact) mass is 338 g/mol. The standard InChI is InChI=1S/C20H26N4O/c1-22-18(9-12-21-22)16-24-14-6-11-20(24)10-5-13-23(19(20)25)15-17-7-3-2-4-8-17/h2-4,7-9,12H,5-6,10-11,13-16H2,1H3. The maximum Gasteiger partial charge on any atom is 0.243 e. The fraction of sp³-hybridized carbons (Fsp3) is 0.500. The first-order valence-corrected chi connectivity index (χ1v) is 9.24. The highest BCUT2D eigenvalue weighted by Gasteiger charge is 2.50. The van der Waals surface area contributed by atoms with Gasteiger partial charge >= 0.3 is 0 Å². The Morgan fingerprint density at radius 3 is 2.52 bits per heavy atom. The van der Waals surface area contributed by atoms with Gasteiger partial charge in [-0.05, 0) is 43.9 Å². The molecular formula is C20H26N4O. The number of benzene rings is 1. The molecule has 25 heavy (non-hydrogen) atoms. The molecule has 2 fully saturated rings. The molecule has 1 aromatic heterocycles. The van der Waals surface area contributed by atoms with Crippen molar-refractivity contribution in [1.82, 2.24) is 19.6 Å². The summed E-state index contributed by atoms with van der Waals surface area (Å²) in [5.41, 5.74) is 2.08. The van der Waals surface area contributed by atoms with Crippen molar-refractivity contribution in [2.24, 2.45) is 7.05 Å². The molecular weight excluding hydrogens is 312 g/mol. The van der Waals surface area contributed by atoms with Crippen molar-refractivity contribution in [3.63, 3.8) is 0 Å². The second-order valence-corrected chi connectivity index (χ2v) is 7.32. The quantitative estimate of drug-likeness (QED) is 0.860. The van der Waals surface area contributed by atoms with Gasteiger partial charge in [-0.25, -0.2) is 0 Å². The molecule has 0 radical (unpaired) electrons. The lowest BCUT2D eigenvalue weighted by Gasteiger charge is -2.44. The third-order valence-electron chi connectivity index (χ3n) is 5.82. The summed E-state index contributed by atoms with van der Waals surface area (Å²) in [6, 6.07) is 12.4. The zero-order chi connectivity index (χ0) is 17.3. The summed E-state index contributed by atoms with van der Waals surface area (Å²) >= 11 is 0. The number of likely N-dealkylation sites (tertiary alicyclic amines) is 2. The van der Waals surface area contributed by atoms with Gasteiger partial charge in [0.25, 0.3) is 0 Å². The van der Waals surface area contributed by atoms with E-state index in [2.05, 4.69) is 33.1 Å². The lowest BCUT2D eigenvalue weighted by atomic mass is 9.85. The zero-order valence-electron chi connectivity index (χ0n) is 14.9. The molecule has 5 nitrogen and oxygen atoms in total. The molecule has 2 aliphatic rings. The van der Waals surface area contributed by atoms with Crippen LogP contribution in [0.5, 0.6) is 0 Å². The maximum absolute atomic E-state index is 13.4. The number of carbonyl (C=O) groups excluding carboxylic acids is 1. The van der Waals surface area contributed by atoms with E-state index in [0.29, 0.717) is 5.91 Å². The van der Waals surface area contributed by atoms with E-state index in [4.69, 9.17) is 0 Å². The van der Waals surface area contributed by atoms with E-state index in [9.17, 15) is 4.79 Å². The van der Waals surface area contributed by atoms with Gasteiger partial charge in [-0.3, -0.25) is 14.4 Å². The highest BCUT2D eigenvalue weighted by atomic mass is 16.2. The highest BCUT2D eigenvalue weighted by molar-refractivity contribution is 5.87. The number of piperidine rings is 1. The third-order valence-corrected chi connectivity index (χ3v) is 5.82. The van der Waals surface area contributed by atoms with Crippen molar-refractivity contribution in [3.05, 3.63) is 53.9 Å². The molecule has 4 rings (SSSR count). The van der Waals surface area contributed by atoms with E-state index in [0.717, 1.165) is 51.9 Å².